The lowest BCUT2D eigenvalue weighted by Gasteiger charge is -2.05. The number of nitrogens with one attached hydrogen (secondary N) is 2. The molecule has 2 heterocycles. The highest BCUT2D eigenvalue weighted by Gasteiger charge is 2.08. The standard InChI is InChI=1S/C19H21ClN4O2/c1-11(25)5-15(21)4-3-13-9-18-14(8-17(13)20)7-16(23-18)10-22-19-6-12(2)26-24-19/h5-9,23H,3-4,10,21H2,1-2H3,(H,22,24)/b15-5-. The fourth-order valence-corrected chi connectivity index (χ4v) is 3.06. The van der Waals surface area contributed by atoms with Crippen molar-refractivity contribution in [1.82, 2.24) is 10.1 Å². The molecule has 3 rings (SSSR count). The van der Waals surface area contributed by atoms with Gasteiger partial charge in [0.15, 0.2) is 11.6 Å². The number of hydrogen-bond donors (Lipinski definition) is 3. The third-order valence-electron chi connectivity index (χ3n) is 4.00. The minimum atomic E-state index is -0.0483. The van der Waals surface area contributed by atoms with Crippen LogP contribution in [0.5, 0.6) is 0 Å². The molecule has 4 N–H and O–H groups in total. The van der Waals surface area contributed by atoms with Crippen LogP contribution < -0.4 is 11.1 Å². The number of aryl methyl sites for hydroxylation is 2. The number of anilines is 1. The molecule has 0 unspecified atom stereocenters. The minimum absolute atomic E-state index is 0.0483. The minimum Gasteiger partial charge on any atom is -0.402 e. The van der Waals surface area contributed by atoms with Crippen molar-refractivity contribution in [2.24, 2.45) is 5.73 Å². The van der Waals surface area contributed by atoms with Gasteiger partial charge < -0.3 is 20.6 Å². The Hall–Kier alpha value is -2.73. The van der Waals surface area contributed by atoms with Crippen LogP contribution in [0.25, 0.3) is 10.9 Å². The molecule has 0 aliphatic carbocycles. The summed E-state index contributed by atoms with van der Waals surface area (Å²) in [6.07, 6.45) is 2.72. The molecule has 0 aliphatic heterocycles. The second-order valence-corrected chi connectivity index (χ2v) is 6.74. The molecule has 7 heteroatoms. The average molecular weight is 373 g/mol. The van der Waals surface area contributed by atoms with E-state index in [-0.39, 0.29) is 5.78 Å². The number of nitrogens with two attached hydrogens (primary N) is 1. The molecule has 3 aromatic rings. The van der Waals surface area contributed by atoms with Gasteiger partial charge in [0.1, 0.15) is 5.76 Å². The molecule has 0 atom stereocenters. The molecule has 0 radical (unpaired) electrons. The number of carbonyl (C=O) groups is 1. The quantitative estimate of drug-likeness (QED) is 0.542. The predicted molar refractivity (Wildman–Crippen MR) is 103 cm³/mol. The Morgan fingerprint density at radius 2 is 2.19 bits per heavy atom. The van der Waals surface area contributed by atoms with Crippen molar-refractivity contribution in [3.63, 3.8) is 0 Å². The smallest absolute Gasteiger partial charge is 0.169 e. The molecule has 0 bridgehead atoms. The summed E-state index contributed by atoms with van der Waals surface area (Å²) >= 11 is 6.40. The van der Waals surface area contributed by atoms with Gasteiger partial charge in [-0.2, -0.15) is 0 Å². The number of ketones is 1. The lowest BCUT2D eigenvalue weighted by Crippen LogP contribution is -2.02. The zero-order valence-electron chi connectivity index (χ0n) is 14.7. The Labute approximate surface area is 156 Å². The van der Waals surface area contributed by atoms with Crippen LogP contribution in [0, 0.1) is 6.92 Å². The number of allylic oxidation sites excluding steroid dienone is 2. The number of hydrogen-bond acceptors (Lipinski definition) is 5. The van der Waals surface area contributed by atoms with Gasteiger partial charge in [0.2, 0.25) is 0 Å². The van der Waals surface area contributed by atoms with Crippen LogP contribution in [0.2, 0.25) is 5.02 Å². The Balaban J connectivity index is 1.72. The number of fused-ring (bicyclic) bond motifs is 1. The van der Waals surface area contributed by atoms with E-state index in [9.17, 15) is 4.79 Å². The van der Waals surface area contributed by atoms with Crippen LogP contribution in [-0.2, 0) is 17.8 Å². The van der Waals surface area contributed by atoms with Crippen molar-refractivity contribution in [2.75, 3.05) is 5.32 Å². The highest BCUT2D eigenvalue weighted by Crippen LogP contribution is 2.26. The summed E-state index contributed by atoms with van der Waals surface area (Å²) in [7, 11) is 0. The topological polar surface area (TPSA) is 96.9 Å². The summed E-state index contributed by atoms with van der Waals surface area (Å²) < 4.78 is 5.04. The first-order valence-electron chi connectivity index (χ1n) is 8.34. The van der Waals surface area contributed by atoms with E-state index in [1.807, 2.05) is 25.1 Å². The van der Waals surface area contributed by atoms with Crippen molar-refractivity contribution in [1.29, 1.82) is 0 Å². The first-order chi connectivity index (χ1) is 12.4. The number of rotatable bonds is 7. The molecular weight excluding hydrogens is 352 g/mol. The first kappa shape index (κ1) is 18.1. The summed E-state index contributed by atoms with van der Waals surface area (Å²) in [6, 6.07) is 7.87. The maximum Gasteiger partial charge on any atom is 0.169 e. The maximum atomic E-state index is 11.1. The summed E-state index contributed by atoms with van der Waals surface area (Å²) in [6.45, 7) is 3.94. The van der Waals surface area contributed by atoms with E-state index in [1.54, 1.807) is 0 Å². The highest BCUT2D eigenvalue weighted by molar-refractivity contribution is 6.32. The van der Waals surface area contributed by atoms with E-state index in [1.165, 1.54) is 13.0 Å². The van der Waals surface area contributed by atoms with Gasteiger partial charge in [0.05, 0.1) is 6.54 Å². The molecule has 6 nitrogen and oxygen atoms in total. The van der Waals surface area contributed by atoms with Crippen LogP contribution in [0.1, 0.15) is 30.4 Å². The normalized spacial score (nSPS) is 11.9. The molecule has 1 aromatic carbocycles. The van der Waals surface area contributed by atoms with E-state index in [4.69, 9.17) is 21.9 Å². The summed E-state index contributed by atoms with van der Waals surface area (Å²) in [5.74, 6) is 1.42. The van der Waals surface area contributed by atoms with Crippen LogP contribution >= 0.6 is 11.6 Å². The van der Waals surface area contributed by atoms with Gasteiger partial charge in [-0.1, -0.05) is 16.8 Å². The second-order valence-electron chi connectivity index (χ2n) is 6.33. The Morgan fingerprint density at radius 3 is 2.88 bits per heavy atom. The number of aromatic nitrogens is 2. The van der Waals surface area contributed by atoms with Gasteiger partial charge in [-0.3, -0.25) is 4.79 Å². The fraction of sp³-hybridized carbons (Fsp3) is 0.263. The van der Waals surface area contributed by atoms with Crippen molar-refractivity contribution >= 4 is 34.1 Å². The third kappa shape index (κ3) is 4.46. The maximum absolute atomic E-state index is 11.1. The molecule has 0 aliphatic rings. The van der Waals surface area contributed by atoms with Gasteiger partial charge in [0.25, 0.3) is 0 Å². The van der Waals surface area contributed by atoms with E-state index < -0.39 is 0 Å². The van der Waals surface area contributed by atoms with E-state index in [0.29, 0.717) is 35.9 Å². The molecule has 0 saturated carbocycles. The molecule has 0 fully saturated rings. The second kappa shape index (κ2) is 7.66. The molecule has 0 amide bonds. The predicted octanol–water partition coefficient (Wildman–Crippen LogP) is 4.09. The van der Waals surface area contributed by atoms with E-state index >= 15 is 0 Å². The van der Waals surface area contributed by atoms with E-state index in [0.717, 1.165) is 27.9 Å². The molecule has 2 aromatic heterocycles. The van der Waals surface area contributed by atoms with Crippen molar-refractivity contribution in [3.8, 4) is 0 Å². The zero-order valence-corrected chi connectivity index (χ0v) is 15.5. The lowest BCUT2D eigenvalue weighted by molar-refractivity contribution is -0.112. The SMILES string of the molecule is CC(=O)/C=C(\N)CCc1cc2[nH]c(CNc3cc(C)on3)cc2cc1Cl. The molecular formula is C19H21ClN4O2. The fourth-order valence-electron chi connectivity index (χ4n) is 2.79. The zero-order chi connectivity index (χ0) is 18.7. The number of carbonyl (C=O) groups excluding carboxylic acids is 1. The number of halogens is 1. The van der Waals surface area contributed by atoms with E-state index in [2.05, 4.69) is 21.5 Å². The first-order valence-corrected chi connectivity index (χ1v) is 8.72. The highest BCUT2D eigenvalue weighted by atomic mass is 35.5. The monoisotopic (exact) mass is 372 g/mol. The van der Waals surface area contributed by atoms with Gasteiger partial charge in [-0.15, -0.1) is 0 Å². The number of aromatic amines is 1. The lowest BCUT2D eigenvalue weighted by atomic mass is 10.1. The molecule has 0 saturated heterocycles. The molecule has 26 heavy (non-hydrogen) atoms. The summed E-state index contributed by atoms with van der Waals surface area (Å²) in [4.78, 5) is 14.5. The molecule has 0 spiro atoms. The van der Waals surface area contributed by atoms with Crippen LogP contribution in [0.15, 0.2) is 40.6 Å². The summed E-state index contributed by atoms with van der Waals surface area (Å²) in [5, 5.41) is 8.85. The Morgan fingerprint density at radius 1 is 1.38 bits per heavy atom. The van der Waals surface area contributed by atoms with Crippen LogP contribution in [0.3, 0.4) is 0 Å². The largest absolute Gasteiger partial charge is 0.402 e. The van der Waals surface area contributed by atoms with Crippen LogP contribution in [-0.4, -0.2) is 15.9 Å². The number of nitrogens with zero attached hydrogens (tertiary/aromatic N) is 1. The van der Waals surface area contributed by atoms with Crippen LogP contribution in [0.4, 0.5) is 5.82 Å². The van der Waals surface area contributed by atoms with Gasteiger partial charge in [-0.25, -0.2) is 0 Å². The molecule has 136 valence electrons. The Kier molecular flexibility index (Phi) is 5.32. The van der Waals surface area contributed by atoms with Gasteiger partial charge >= 0.3 is 0 Å². The van der Waals surface area contributed by atoms with Crippen molar-refractivity contribution < 1.29 is 9.32 Å². The van der Waals surface area contributed by atoms with Crippen molar-refractivity contribution in [3.05, 3.63) is 58.1 Å². The average Bonchev–Trinajstić information content (AvgIpc) is 3.15. The third-order valence-corrected chi connectivity index (χ3v) is 4.35. The Bertz CT molecular complexity index is 971. The van der Waals surface area contributed by atoms with Gasteiger partial charge in [0, 0.05) is 33.4 Å². The number of benzene rings is 1. The van der Waals surface area contributed by atoms with Crippen molar-refractivity contribution in [2.45, 2.75) is 33.2 Å². The summed E-state index contributed by atoms with van der Waals surface area (Å²) in [5.41, 5.74) is 9.43. The number of H-pyrrole nitrogens is 1. The van der Waals surface area contributed by atoms with Gasteiger partial charge in [-0.05, 0) is 56.5 Å².